The minimum atomic E-state index is 0.0110. The number of aryl methyl sites for hydroxylation is 1. The van der Waals surface area contributed by atoms with Crippen LogP contribution in [-0.2, 0) is 16.0 Å². The van der Waals surface area contributed by atoms with Crippen LogP contribution in [0.4, 0.5) is 0 Å². The molecule has 2 bridgehead atoms. The van der Waals surface area contributed by atoms with Crippen molar-refractivity contribution in [3.05, 3.63) is 30.2 Å². The van der Waals surface area contributed by atoms with Crippen LogP contribution in [0.5, 0.6) is 5.75 Å². The number of methoxy groups -OCH3 is 1. The van der Waals surface area contributed by atoms with E-state index in [2.05, 4.69) is 15.5 Å². The Hall–Kier alpha value is -2.90. The predicted molar refractivity (Wildman–Crippen MR) is 95.9 cm³/mol. The van der Waals surface area contributed by atoms with Gasteiger partial charge in [0.2, 0.25) is 23.5 Å². The number of ether oxygens (including phenoxy) is 1. The molecule has 2 saturated heterocycles. The first-order chi connectivity index (χ1) is 13.2. The molecule has 2 amide bonds. The largest absolute Gasteiger partial charge is 0.496 e. The van der Waals surface area contributed by atoms with Crippen LogP contribution in [0.3, 0.4) is 0 Å². The quantitative estimate of drug-likeness (QED) is 0.858. The lowest BCUT2D eigenvalue weighted by Gasteiger charge is -2.27. The zero-order chi connectivity index (χ0) is 18.8. The Labute approximate surface area is 156 Å². The number of nitrogens with zero attached hydrogens (tertiary/aromatic N) is 3. The average molecular weight is 370 g/mol. The summed E-state index contributed by atoms with van der Waals surface area (Å²) >= 11 is 0. The normalized spacial score (nSPS) is 21.7. The zero-order valence-corrected chi connectivity index (χ0v) is 15.2. The van der Waals surface area contributed by atoms with Gasteiger partial charge in [-0.2, -0.15) is 4.98 Å². The molecule has 0 unspecified atom stereocenters. The van der Waals surface area contributed by atoms with Gasteiger partial charge in [0.25, 0.3) is 0 Å². The van der Waals surface area contributed by atoms with E-state index in [0.717, 1.165) is 18.4 Å². The van der Waals surface area contributed by atoms with Crippen LogP contribution in [0.15, 0.2) is 28.8 Å². The van der Waals surface area contributed by atoms with Gasteiger partial charge in [-0.25, -0.2) is 0 Å². The molecule has 8 nitrogen and oxygen atoms in total. The van der Waals surface area contributed by atoms with Gasteiger partial charge in [0.15, 0.2) is 0 Å². The molecule has 2 fully saturated rings. The van der Waals surface area contributed by atoms with E-state index >= 15 is 0 Å². The van der Waals surface area contributed by atoms with Crippen molar-refractivity contribution in [2.45, 2.75) is 44.2 Å². The Bertz CT molecular complexity index is 850. The van der Waals surface area contributed by atoms with Crippen molar-refractivity contribution in [3.8, 4) is 17.1 Å². The number of rotatable bonds is 5. The number of carbonyl (C=O) groups is 2. The van der Waals surface area contributed by atoms with Crippen molar-refractivity contribution in [2.24, 2.45) is 0 Å². The molecule has 1 aromatic heterocycles. The van der Waals surface area contributed by atoms with E-state index < -0.39 is 0 Å². The molecule has 2 aliphatic heterocycles. The summed E-state index contributed by atoms with van der Waals surface area (Å²) in [5.41, 5.74) is 0.747. The van der Waals surface area contributed by atoms with Gasteiger partial charge >= 0.3 is 0 Å². The SMILES string of the molecule is COc1ccccc1-c1noc(CCC(=O)N2[C@@H]3CC[C@H]2CNC(=O)C3)n1. The first-order valence-electron chi connectivity index (χ1n) is 9.19. The number of nitrogens with one attached hydrogen (secondary N) is 1. The molecule has 1 aromatic carbocycles. The van der Waals surface area contributed by atoms with E-state index in [4.69, 9.17) is 9.26 Å². The molecule has 0 saturated carbocycles. The summed E-state index contributed by atoms with van der Waals surface area (Å²) in [6.07, 6.45) is 2.88. The van der Waals surface area contributed by atoms with Crippen LogP contribution in [0.2, 0.25) is 0 Å². The standard InChI is InChI=1S/C19H22N4O4/c1-26-15-5-3-2-4-14(15)19-21-17(27-22-19)8-9-18(25)23-12-6-7-13(23)11-20-16(24)10-12/h2-5,12-13H,6-11H2,1H3,(H,20,24)/t12-,13+/m1/s1. The van der Waals surface area contributed by atoms with Gasteiger partial charge in [0.05, 0.1) is 12.7 Å². The maximum atomic E-state index is 12.7. The highest BCUT2D eigenvalue weighted by atomic mass is 16.5. The summed E-state index contributed by atoms with van der Waals surface area (Å²) in [5.74, 6) is 1.59. The van der Waals surface area contributed by atoms with Crippen molar-refractivity contribution in [1.29, 1.82) is 0 Å². The molecule has 2 aromatic rings. The van der Waals surface area contributed by atoms with Gasteiger partial charge in [0.1, 0.15) is 5.75 Å². The highest BCUT2D eigenvalue weighted by Gasteiger charge is 2.39. The van der Waals surface area contributed by atoms with E-state index in [0.29, 0.717) is 36.9 Å². The average Bonchev–Trinajstić information content (AvgIpc) is 3.26. The third-order valence-electron chi connectivity index (χ3n) is 5.23. The fourth-order valence-corrected chi connectivity index (χ4v) is 3.93. The first kappa shape index (κ1) is 17.5. The summed E-state index contributed by atoms with van der Waals surface area (Å²) in [5, 5.41) is 6.89. The first-order valence-corrected chi connectivity index (χ1v) is 9.19. The predicted octanol–water partition coefficient (Wildman–Crippen LogP) is 1.56. The zero-order valence-electron chi connectivity index (χ0n) is 15.2. The molecule has 0 spiro atoms. The number of fused-ring (bicyclic) bond motifs is 2. The second kappa shape index (κ2) is 7.38. The summed E-state index contributed by atoms with van der Waals surface area (Å²) in [7, 11) is 1.59. The van der Waals surface area contributed by atoms with Crippen molar-refractivity contribution in [1.82, 2.24) is 20.4 Å². The molecule has 27 heavy (non-hydrogen) atoms. The fraction of sp³-hybridized carbons (Fsp3) is 0.474. The van der Waals surface area contributed by atoms with Gasteiger partial charge in [-0.15, -0.1) is 0 Å². The van der Waals surface area contributed by atoms with Crippen LogP contribution in [0.1, 0.15) is 31.6 Å². The maximum Gasteiger partial charge on any atom is 0.227 e. The Balaban J connectivity index is 1.41. The van der Waals surface area contributed by atoms with E-state index in [9.17, 15) is 9.59 Å². The Morgan fingerprint density at radius 3 is 3.00 bits per heavy atom. The molecular formula is C19H22N4O4. The number of hydrogen-bond donors (Lipinski definition) is 1. The Morgan fingerprint density at radius 1 is 1.33 bits per heavy atom. The molecule has 2 aliphatic rings. The van der Waals surface area contributed by atoms with E-state index in [1.54, 1.807) is 7.11 Å². The Morgan fingerprint density at radius 2 is 2.15 bits per heavy atom. The lowest BCUT2D eigenvalue weighted by molar-refractivity contribution is -0.134. The number of aromatic nitrogens is 2. The van der Waals surface area contributed by atoms with E-state index in [1.165, 1.54) is 0 Å². The van der Waals surface area contributed by atoms with Gasteiger partial charge in [-0.3, -0.25) is 9.59 Å². The van der Waals surface area contributed by atoms with E-state index in [1.807, 2.05) is 29.2 Å². The number of hydrogen-bond acceptors (Lipinski definition) is 6. The molecule has 4 rings (SSSR count). The summed E-state index contributed by atoms with van der Waals surface area (Å²) in [4.78, 5) is 30.7. The maximum absolute atomic E-state index is 12.7. The lowest BCUT2D eigenvalue weighted by atomic mass is 10.1. The van der Waals surface area contributed by atoms with Crippen LogP contribution in [0, 0.1) is 0 Å². The summed E-state index contributed by atoms with van der Waals surface area (Å²) < 4.78 is 10.6. The molecule has 0 aliphatic carbocycles. The topological polar surface area (TPSA) is 97.6 Å². The van der Waals surface area contributed by atoms with Crippen molar-refractivity contribution in [2.75, 3.05) is 13.7 Å². The lowest BCUT2D eigenvalue weighted by Crippen LogP contribution is -2.42. The van der Waals surface area contributed by atoms with Gasteiger partial charge < -0.3 is 19.5 Å². The number of benzene rings is 1. The second-order valence-electron chi connectivity index (χ2n) is 6.91. The van der Waals surface area contributed by atoms with Crippen LogP contribution >= 0.6 is 0 Å². The number of amides is 2. The smallest absolute Gasteiger partial charge is 0.227 e. The molecular weight excluding hydrogens is 348 g/mol. The Kier molecular flexibility index (Phi) is 4.79. The molecule has 1 N–H and O–H groups in total. The third-order valence-corrected chi connectivity index (χ3v) is 5.23. The van der Waals surface area contributed by atoms with Crippen LogP contribution in [0.25, 0.3) is 11.4 Å². The molecule has 3 heterocycles. The van der Waals surface area contributed by atoms with Crippen LogP contribution < -0.4 is 10.1 Å². The molecule has 8 heteroatoms. The van der Waals surface area contributed by atoms with Crippen LogP contribution in [-0.4, -0.2) is 52.6 Å². The minimum Gasteiger partial charge on any atom is -0.496 e. The van der Waals surface area contributed by atoms with Gasteiger partial charge in [-0.05, 0) is 25.0 Å². The van der Waals surface area contributed by atoms with Gasteiger partial charge in [0, 0.05) is 37.9 Å². The third kappa shape index (κ3) is 3.51. The van der Waals surface area contributed by atoms with Crippen molar-refractivity contribution in [3.63, 3.8) is 0 Å². The number of para-hydroxylation sites is 1. The molecule has 142 valence electrons. The van der Waals surface area contributed by atoms with Crippen molar-refractivity contribution < 1.29 is 18.8 Å². The summed E-state index contributed by atoms with van der Waals surface area (Å²) in [6, 6.07) is 7.55. The highest BCUT2D eigenvalue weighted by molar-refractivity contribution is 5.81. The minimum absolute atomic E-state index is 0.0110. The number of carbonyl (C=O) groups excluding carboxylic acids is 2. The molecule has 0 radical (unpaired) electrons. The van der Waals surface area contributed by atoms with E-state index in [-0.39, 0.29) is 30.3 Å². The fourth-order valence-electron chi connectivity index (χ4n) is 3.93. The second-order valence-corrected chi connectivity index (χ2v) is 6.91. The van der Waals surface area contributed by atoms with Gasteiger partial charge in [-0.1, -0.05) is 17.3 Å². The summed E-state index contributed by atoms with van der Waals surface area (Å²) in [6.45, 7) is 0.541. The highest BCUT2D eigenvalue weighted by Crippen LogP contribution is 2.30. The monoisotopic (exact) mass is 370 g/mol. The van der Waals surface area contributed by atoms with Crippen molar-refractivity contribution >= 4 is 11.8 Å². The molecule has 2 atom stereocenters.